The van der Waals surface area contributed by atoms with Crippen molar-refractivity contribution in [1.29, 1.82) is 0 Å². The third-order valence-corrected chi connectivity index (χ3v) is 4.85. The summed E-state index contributed by atoms with van der Waals surface area (Å²) < 4.78 is 1.46. The van der Waals surface area contributed by atoms with Crippen LogP contribution in [-0.2, 0) is 0 Å². The number of aromatic nitrogens is 7. The Kier molecular flexibility index (Phi) is 3.83. The van der Waals surface area contributed by atoms with Crippen LogP contribution in [-0.4, -0.2) is 34.8 Å². The lowest BCUT2D eigenvalue weighted by Gasteiger charge is -2.04. The van der Waals surface area contributed by atoms with Gasteiger partial charge >= 0.3 is 0 Å². The van der Waals surface area contributed by atoms with Gasteiger partial charge in [0, 0.05) is 29.2 Å². The molecule has 0 unspecified atom stereocenters. The summed E-state index contributed by atoms with van der Waals surface area (Å²) in [5.41, 5.74) is 4.87. The van der Waals surface area contributed by atoms with E-state index in [1.165, 1.54) is 4.52 Å². The van der Waals surface area contributed by atoms with E-state index in [0.29, 0.717) is 28.6 Å². The summed E-state index contributed by atoms with van der Waals surface area (Å²) >= 11 is 0. The fourth-order valence-corrected chi connectivity index (χ4v) is 3.51. The molecule has 0 bridgehead atoms. The average Bonchev–Trinajstić information content (AvgIpc) is 3.34. The van der Waals surface area contributed by atoms with Gasteiger partial charge in [0.2, 0.25) is 0 Å². The summed E-state index contributed by atoms with van der Waals surface area (Å²) in [6.07, 6.45) is 3.36. The summed E-state index contributed by atoms with van der Waals surface area (Å²) in [5.74, 6) is 0.853. The van der Waals surface area contributed by atoms with Crippen LogP contribution < -0.4 is 5.56 Å². The van der Waals surface area contributed by atoms with Crippen molar-refractivity contribution >= 4 is 5.65 Å². The highest BCUT2D eigenvalue weighted by Gasteiger charge is 2.20. The van der Waals surface area contributed by atoms with E-state index in [1.807, 2.05) is 49.4 Å². The topological polar surface area (TPSA) is 105 Å². The Hall–Kier alpha value is -4.07. The van der Waals surface area contributed by atoms with Gasteiger partial charge in [-0.25, -0.2) is 14.5 Å². The second-order valence-electron chi connectivity index (χ2n) is 6.76. The zero-order valence-corrected chi connectivity index (χ0v) is 15.8. The van der Waals surface area contributed by atoms with Crippen molar-refractivity contribution in [3.8, 4) is 33.9 Å². The van der Waals surface area contributed by atoms with E-state index in [9.17, 15) is 4.79 Å². The van der Waals surface area contributed by atoms with Crippen molar-refractivity contribution in [2.75, 3.05) is 0 Å². The van der Waals surface area contributed by atoms with E-state index >= 15 is 0 Å². The summed E-state index contributed by atoms with van der Waals surface area (Å²) in [7, 11) is 0. The Morgan fingerprint density at radius 3 is 2.48 bits per heavy atom. The van der Waals surface area contributed by atoms with Crippen LogP contribution in [0.1, 0.15) is 11.4 Å². The Balaban J connectivity index is 1.69. The zero-order chi connectivity index (χ0) is 20.0. The van der Waals surface area contributed by atoms with Gasteiger partial charge < -0.3 is 0 Å². The van der Waals surface area contributed by atoms with Crippen molar-refractivity contribution in [3.63, 3.8) is 0 Å². The Labute approximate surface area is 165 Å². The number of aromatic amines is 2. The number of nitrogens with one attached hydrogen (secondary N) is 2. The molecule has 4 aromatic heterocycles. The van der Waals surface area contributed by atoms with E-state index in [-0.39, 0.29) is 5.56 Å². The van der Waals surface area contributed by atoms with Gasteiger partial charge in [0.15, 0.2) is 17.3 Å². The molecular weight excluding hydrogens is 366 g/mol. The standard InChI is InChI=1S/C21H17N7O/c1-12-17(19-24-18(25-26-19)15-9-6-10-22-11-15)21(29)28-20(23-12)16(13(2)27-28)14-7-4-3-5-8-14/h3-11,27H,1-2H3,(H,24,25,26). The largest absolute Gasteiger partial charge is 0.293 e. The minimum atomic E-state index is -0.230. The highest BCUT2D eigenvalue weighted by atomic mass is 16.1. The number of benzene rings is 1. The van der Waals surface area contributed by atoms with Crippen LogP contribution in [0.3, 0.4) is 0 Å². The molecule has 8 nitrogen and oxygen atoms in total. The zero-order valence-electron chi connectivity index (χ0n) is 15.8. The Morgan fingerprint density at radius 1 is 0.931 bits per heavy atom. The highest BCUT2D eigenvalue weighted by molar-refractivity contribution is 5.80. The summed E-state index contributed by atoms with van der Waals surface area (Å²) in [6.45, 7) is 3.74. The van der Waals surface area contributed by atoms with E-state index in [1.54, 1.807) is 19.3 Å². The molecule has 0 aliphatic heterocycles. The van der Waals surface area contributed by atoms with E-state index in [4.69, 9.17) is 4.98 Å². The SMILES string of the molecule is Cc1nc2c(-c3ccccc3)c(C)[nH]n2c(=O)c1-c1nc(-c2cccnc2)n[nH]1. The van der Waals surface area contributed by atoms with E-state index in [2.05, 4.69) is 25.3 Å². The molecule has 8 heteroatoms. The summed E-state index contributed by atoms with van der Waals surface area (Å²) in [6, 6.07) is 13.6. The number of H-pyrrole nitrogens is 2. The van der Waals surface area contributed by atoms with E-state index < -0.39 is 0 Å². The molecule has 0 spiro atoms. The number of nitrogens with zero attached hydrogens (tertiary/aromatic N) is 5. The van der Waals surface area contributed by atoms with Crippen molar-refractivity contribution < 1.29 is 0 Å². The van der Waals surface area contributed by atoms with Gasteiger partial charge in [-0.2, -0.15) is 5.10 Å². The molecule has 0 amide bonds. The third kappa shape index (κ3) is 2.73. The van der Waals surface area contributed by atoms with Crippen LogP contribution >= 0.6 is 0 Å². The van der Waals surface area contributed by atoms with Crippen molar-refractivity contribution in [2.45, 2.75) is 13.8 Å². The molecule has 0 saturated heterocycles. The molecule has 0 aliphatic carbocycles. The number of hydrogen-bond acceptors (Lipinski definition) is 5. The maximum Gasteiger partial charge on any atom is 0.284 e. The van der Waals surface area contributed by atoms with Gasteiger partial charge in [-0.3, -0.25) is 20.0 Å². The normalized spacial score (nSPS) is 11.2. The van der Waals surface area contributed by atoms with Crippen LogP contribution in [0.5, 0.6) is 0 Å². The molecule has 1 aromatic carbocycles. The number of aryl methyl sites for hydroxylation is 2. The molecule has 142 valence electrons. The lowest BCUT2D eigenvalue weighted by molar-refractivity contribution is 0.873. The quantitative estimate of drug-likeness (QED) is 0.498. The molecule has 5 rings (SSSR count). The predicted octanol–water partition coefficient (Wildman–Crippen LogP) is 3.15. The van der Waals surface area contributed by atoms with Crippen molar-refractivity contribution in [1.82, 2.24) is 34.8 Å². The Morgan fingerprint density at radius 2 is 1.72 bits per heavy atom. The summed E-state index contributed by atoms with van der Waals surface area (Å²) in [5, 5.41) is 10.2. The average molecular weight is 383 g/mol. The van der Waals surface area contributed by atoms with Gasteiger partial charge in [0.05, 0.1) is 5.69 Å². The number of rotatable bonds is 3. The van der Waals surface area contributed by atoms with Gasteiger partial charge in [-0.05, 0) is 31.5 Å². The first-order chi connectivity index (χ1) is 14.1. The smallest absolute Gasteiger partial charge is 0.284 e. The lowest BCUT2D eigenvalue weighted by atomic mass is 10.1. The number of hydrogen-bond donors (Lipinski definition) is 2. The minimum absolute atomic E-state index is 0.230. The predicted molar refractivity (Wildman–Crippen MR) is 109 cm³/mol. The number of pyridine rings is 1. The lowest BCUT2D eigenvalue weighted by Crippen LogP contribution is -2.19. The first-order valence-corrected chi connectivity index (χ1v) is 9.14. The molecule has 0 fully saturated rings. The highest BCUT2D eigenvalue weighted by Crippen LogP contribution is 2.27. The molecule has 0 atom stereocenters. The van der Waals surface area contributed by atoms with Crippen LogP contribution in [0.15, 0.2) is 59.7 Å². The fourth-order valence-electron chi connectivity index (χ4n) is 3.51. The van der Waals surface area contributed by atoms with Crippen LogP contribution in [0.4, 0.5) is 0 Å². The molecule has 4 heterocycles. The van der Waals surface area contributed by atoms with Crippen molar-refractivity contribution in [3.05, 3.63) is 76.6 Å². The van der Waals surface area contributed by atoms with Crippen LogP contribution in [0.25, 0.3) is 39.5 Å². The molecule has 2 N–H and O–H groups in total. The maximum absolute atomic E-state index is 13.3. The van der Waals surface area contributed by atoms with Gasteiger partial charge in [-0.15, -0.1) is 0 Å². The monoisotopic (exact) mass is 383 g/mol. The summed E-state index contributed by atoms with van der Waals surface area (Å²) in [4.78, 5) is 26.6. The molecular formula is C21H17N7O. The Bertz CT molecular complexity index is 1380. The second kappa shape index (κ2) is 6.52. The van der Waals surface area contributed by atoms with Gasteiger partial charge in [0.1, 0.15) is 5.56 Å². The first kappa shape index (κ1) is 17.1. The number of fused-ring (bicyclic) bond motifs is 1. The minimum Gasteiger partial charge on any atom is -0.293 e. The third-order valence-electron chi connectivity index (χ3n) is 4.85. The van der Waals surface area contributed by atoms with Gasteiger partial charge in [-0.1, -0.05) is 30.3 Å². The van der Waals surface area contributed by atoms with Gasteiger partial charge in [0.25, 0.3) is 5.56 Å². The molecule has 5 aromatic rings. The van der Waals surface area contributed by atoms with Crippen molar-refractivity contribution in [2.24, 2.45) is 0 Å². The van der Waals surface area contributed by atoms with Crippen LogP contribution in [0, 0.1) is 13.8 Å². The molecule has 29 heavy (non-hydrogen) atoms. The second-order valence-corrected chi connectivity index (χ2v) is 6.76. The maximum atomic E-state index is 13.3. The van der Waals surface area contributed by atoms with Crippen LogP contribution in [0.2, 0.25) is 0 Å². The fraction of sp³-hybridized carbons (Fsp3) is 0.0952. The van der Waals surface area contributed by atoms with E-state index in [0.717, 1.165) is 22.4 Å². The first-order valence-electron chi connectivity index (χ1n) is 9.14. The molecule has 0 radical (unpaired) electrons. The molecule has 0 aliphatic rings. The molecule has 0 saturated carbocycles.